The van der Waals surface area contributed by atoms with Gasteiger partial charge < -0.3 is 9.64 Å². The molecule has 1 fully saturated rings. The van der Waals surface area contributed by atoms with Crippen LogP contribution in [0.2, 0.25) is 0 Å². The third-order valence-electron chi connectivity index (χ3n) is 3.68. The third kappa shape index (κ3) is 4.84. The first-order chi connectivity index (χ1) is 10.7. The average Bonchev–Trinajstić information content (AvgIpc) is 2.82. The molecule has 2 rings (SSSR count). The van der Waals surface area contributed by atoms with Gasteiger partial charge in [0.2, 0.25) is 5.91 Å². The molecule has 1 aromatic rings. The maximum atomic E-state index is 12.0. The molecule has 1 N–H and O–H groups in total. The Hall–Kier alpha value is -1.88. The molecule has 0 atom stereocenters. The lowest BCUT2D eigenvalue weighted by molar-refractivity contribution is -0.115. The van der Waals surface area contributed by atoms with Gasteiger partial charge in [0.25, 0.3) is 0 Å². The van der Waals surface area contributed by atoms with Crippen LogP contribution in [0.1, 0.15) is 31.2 Å². The second-order valence-electron chi connectivity index (χ2n) is 5.27. The van der Waals surface area contributed by atoms with Gasteiger partial charge in [0.05, 0.1) is 7.11 Å². The number of nitrogens with one attached hydrogen (secondary N) is 1. The van der Waals surface area contributed by atoms with E-state index in [1.165, 1.54) is 18.9 Å². The minimum Gasteiger partial charge on any atom is -0.496 e. The van der Waals surface area contributed by atoms with Gasteiger partial charge >= 0.3 is 0 Å². The van der Waals surface area contributed by atoms with Crippen molar-refractivity contribution in [2.45, 2.75) is 25.7 Å². The molecule has 0 radical (unpaired) electrons. The first kappa shape index (κ1) is 16.5. The molecule has 1 aliphatic heterocycles. The van der Waals surface area contributed by atoms with E-state index in [1.54, 1.807) is 13.2 Å². The van der Waals surface area contributed by atoms with Gasteiger partial charge in [0.15, 0.2) is 5.11 Å². The molecule has 0 spiro atoms. The van der Waals surface area contributed by atoms with E-state index in [1.807, 2.05) is 24.3 Å². The summed E-state index contributed by atoms with van der Waals surface area (Å²) in [5.74, 6) is 0.529. The Morgan fingerprint density at radius 1 is 1.23 bits per heavy atom. The Bertz CT molecular complexity index is 549. The minimum absolute atomic E-state index is 0.208. The molecule has 0 aromatic heterocycles. The summed E-state index contributed by atoms with van der Waals surface area (Å²) in [6.07, 6.45) is 7.96. The van der Waals surface area contributed by atoms with Crippen LogP contribution in [0.4, 0.5) is 0 Å². The minimum atomic E-state index is -0.208. The zero-order chi connectivity index (χ0) is 15.8. The molecular formula is C17H22N2O2S. The first-order valence-electron chi connectivity index (χ1n) is 7.61. The number of hydrogen-bond donors (Lipinski definition) is 1. The number of carbonyl (C=O) groups excluding carboxylic acids is 1. The van der Waals surface area contributed by atoms with E-state index in [0.29, 0.717) is 5.11 Å². The molecular weight excluding hydrogens is 296 g/mol. The molecule has 0 bridgehead atoms. The largest absolute Gasteiger partial charge is 0.496 e. The van der Waals surface area contributed by atoms with Crippen LogP contribution in [0, 0.1) is 0 Å². The molecule has 4 nitrogen and oxygen atoms in total. The molecule has 118 valence electrons. The third-order valence-corrected chi connectivity index (χ3v) is 4.04. The predicted octanol–water partition coefficient (Wildman–Crippen LogP) is 2.99. The zero-order valence-electron chi connectivity index (χ0n) is 12.9. The summed E-state index contributed by atoms with van der Waals surface area (Å²) in [7, 11) is 1.61. The highest BCUT2D eigenvalue weighted by molar-refractivity contribution is 7.80. The maximum absolute atomic E-state index is 12.0. The Balaban J connectivity index is 1.91. The van der Waals surface area contributed by atoms with Gasteiger partial charge in [0, 0.05) is 24.7 Å². The van der Waals surface area contributed by atoms with Gasteiger partial charge in [-0.1, -0.05) is 31.0 Å². The smallest absolute Gasteiger partial charge is 0.250 e. The summed E-state index contributed by atoms with van der Waals surface area (Å²) in [6, 6.07) is 7.56. The van der Waals surface area contributed by atoms with E-state index >= 15 is 0 Å². The normalized spacial score (nSPS) is 15.4. The Kier molecular flexibility index (Phi) is 6.40. The van der Waals surface area contributed by atoms with E-state index in [0.717, 1.165) is 37.2 Å². The number of nitrogens with zero attached hydrogens (tertiary/aromatic N) is 1. The van der Waals surface area contributed by atoms with Crippen LogP contribution < -0.4 is 10.1 Å². The molecule has 1 heterocycles. The van der Waals surface area contributed by atoms with Crippen molar-refractivity contribution < 1.29 is 9.53 Å². The number of hydrogen-bond acceptors (Lipinski definition) is 3. The summed E-state index contributed by atoms with van der Waals surface area (Å²) >= 11 is 5.33. The highest BCUT2D eigenvalue weighted by Gasteiger charge is 2.13. The monoisotopic (exact) mass is 318 g/mol. The highest BCUT2D eigenvalue weighted by Crippen LogP contribution is 2.18. The van der Waals surface area contributed by atoms with Crippen LogP contribution in [0.5, 0.6) is 5.75 Å². The molecule has 5 heteroatoms. The zero-order valence-corrected chi connectivity index (χ0v) is 13.7. The fraction of sp³-hybridized carbons (Fsp3) is 0.412. The summed E-state index contributed by atoms with van der Waals surface area (Å²) in [6.45, 7) is 1.85. The summed E-state index contributed by atoms with van der Waals surface area (Å²) in [4.78, 5) is 14.1. The first-order valence-corrected chi connectivity index (χ1v) is 8.02. The number of amides is 1. The van der Waals surface area contributed by atoms with Gasteiger partial charge in [-0.15, -0.1) is 0 Å². The van der Waals surface area contributed by atoms with Gasteiger partial charge in [-0.3, -0.25) is 10.1 Å². The summed E-state index contributed by atoms with van der Waals surface area (Å²) in [5, 5.41) is 3.30. The number of carbonyl (C=O) groups is 1. The number of thiocarbonyl (C=S) groups is 1. The fourth-order valence-corrected chi connectivity index (χ4v) is 2.75. The van der Waals surface area contributed by atoms with E-state index in [-0.39, 0.29) is 5.91 Å². The van der Waals surface area contributed by atoms with Crippen LogP contribution in [-0.2, 0) is 4.79 Å². The molecule has 1 aromatic carbocycles. The van der Waals surface area contributed by atoms with Crippen molar-refractivity contribution in [2.24, 2.45) is 0 Å². The summed E-state index contributed by atoms with van der Waals surface area (Å²) < 4.78 is 5.25. The lowest BCUT2D eigenvalue weighted by Crippen LogP contribution is -2.42. The molecule has 0 saturated carbocycles. The van der Waals surface area contributed by atoms with Crippen molar-refractivity contribution in [1.82, 2.24) is 10.2 Å². The maximum Gasteiger partial charge on any atom is 0.250 e. The highest BCUT2D eigenvalue weighted by atomic mass is 32.1. The van der Waals surface area contributed by atoms with Crippen molar-refractivity contribution >= 4 is 29.3 Å². The number of likely N-dealkylation sites (tertiary alicyclic amines) is 1. The van der Waals surface area contributed by atoms with Crippen LogP contribution in [0.15, 0.2) is 30.3 Å². The lowest BCUT2D eigenvalue weighted by Gasteiger charge is -2.22. The van der Waals surface area contributed by atoms with Crippen molar-refractivity contribution in [2.75, 3.05) is 20.2 Å². The second kappa shape index (κ2) is 8.54. The Morgan fingerprint density at radius 3 is 2.59 bits per heavy atom. The van der Waals surface area contributed by atoms with Crippen LogP contribution in [0.25, 0.3) is 6.08 Å². The second-order valence-corrected chi connectivity index (χ2v) is 5.66. The van der Waals surface area contributed by atoms with Crippen molar-refractivity contribution in [3.05, 3.63) is 35.9 Å². The SMILES string of the molecule is COc1ccccc1C=CC(=O)NC(=S)N1CCCCCC1. The van der Waals surface area contributed by atoms with Crippen LogP contribution in [-0.4, -0.2) is 36.1 Å². The van der Waals surface area contributed by atoms with Crippen LogP contribution >= 0.6 is 12.2 Å². The number of para-hydroxylation sites is 1. The van der Waals surface area contributed by atoms with Gasteiger partial charge in [-0.2, -0.15) is 0 Å². The molecule has 1 saturated heterocycles. The molecule has 0 aliphatic carbocycles. The molecule has 0 unspecified atom stereocenters. The van der Waals surface area contributed by atoms with Crippen LogP contribution in [0.3, 0.4) is 0 Å². The molecule has 1 amide bonds. The predicted molar refractivity (Wildman–Crippen MR) is 92.8 cm³/mol. The van der Waals surface area contributed by atoms with E-state index in [9.17, 15) is 4.79 Å². The van der Waals surface area contributed by atoms with Crippen molar-refractivity contribution in [3.63, 3.8) is 0 Å². The van der Waals surface area contributed by atoms with Gasteiger partial charge in [0.1, 0.15) is 5.75 Å². The number of benzene rings is 1. The number of ether oxygens (including phenoxy) is 1. The lowest BCUT2D eigenvalue weighted by atomic mass is 10.2. The summed E-state index contributed by atoms with van der Waals surface area (Å²) in [5.41, 5.74) is 0.862. The van der Waals surface area contributed by atoms with E-state index < -0.39 is 0 Å². The fourth-order valence-electron chi connectivity index (χ4n) is 2.47. The molecule has 22 heavy (non-hydrogen) atoms. The van der Waals surface area contributed by atoms with E-state index in [4.69, 9.17) is 17.0 Å². The van der Waals surface area contributed by atoms with Gasteiger partial charge in [-0.25, -0.2) is 0 Å². The van der Waals surface area contributed by atoms with Crippen molar-refractivity contribution in [1.29, 1.82) is 0 Å². The number of methoxy groups -OCH3 is 1. The topological polar surface area (TPSA) is 41.6 Å². The van der Waals surface area contributed by atoms with Gasteiger partial charge in [-0.05, 0) is 37.2 Å². The van der Waals surface area contributed by atoms with E-state index in [2.05, 4.69) is 10.2 Å². The average molecular weight is 318 g/mol. The quantitative estimate of drug-likeness (QED) is 0.687. The standard InChI is InChI=1S/C17H22N2O2S/c1-21-15-9-5-4-8-14(15)10-11-16(20)18-17(22)19-12-6-2-3-7-13-19/h4-5,8-11H,2-3,6-7,12-13H2,1H3,(H,18,20,22). The Labute approximate surface area is 137 Å². The molecule has 1 aliphatic rings. The number of rotatable bonds is 3. The van der Waals surface area contributed by atoms with Crippen molar-refractivity contribution in [3.8, 4) is 5.75 Å². The Morgan fingerprint density at radius 2 is 1.91 bits per heavy atom.